The third-order valence-electron chi connectivity index (χ3n) is 1.41. The number of nitrogens with one attached hydrogen (secondary N) is 2. The largest absolute Gasteiger partial charge is 0.305 e. The van der Waals surface area contributed by atoms with Crippen LogP contribution in [0.25, 0.3) is 0 Å². The van der Waals surface area contributed by atoms with E-state index >= 15 is 0 Å². The van der Waals surface area contributed by atoms with E-state index in [1.54, 1.807) is 19.9 Å². The molecule has 0 aliphatic carbocycles. The van der Waals surface area contributed by atoms with Crippen molar-refractivity contribution in [3.63, 3.8) is 0 Å². The zero-order chi connectivity index (χ0) is 9.02. The van der Waals surface area contributed by atoms with Crippen molar-refractivity contribution in [1.82, 2.24) is 0 Å². The molecule has 0 bridgehead atoms. The fourth-order valence-electron chi connectivity index (χ4n) is 0.448. The summed E-state index contributed by atoms with van der Waals surface area (Å²) in [4.78, 5) is 0. The Kier molecular flexibility index (Phi) is 3.45. The first-order valence-corrected chi connectivity index (χ1v) is 3.43. The predicted molar refractivity (Wildman–Crippen MR) is 49.7 cm³/mol. The molecule has 0 aliphatic heterocycles. The van der Waals surface area contributed by atoms with Gasteiger partial charge >= 0.3 is 0 Å². The molecule has 0 fully saturated rings. The van der Waals surface area contributed by atoms with E-state index in [1.165, 1.54) is 0 Å². The fourth-order valence-corrected chi connectivity index (χ4v) is 0.448. The maximum atomic E-state index is 7.39. The van der Waals surface area contributed by atoms with Crippen LogP contribution in [-0.2, 0) is 0 Å². The molecule has 0 aliphatic rings. The SMILES string of the molecule is C=C(C)C(=N)/C=C(\C)C(C)=N. The van der Waals surface area contributed by atoms with E-state index in [0.29, 0.717) is 11.4 Å². The van der Waals surface area contributed by atoms with Crippen molar-refractivity contribution in [2.45, 2.75) is 20.8 Å². The molecule has 0 rings (SSSR count). The van der Waals surface area contributed by atoms with Crippen LogP contribution in [0.5, 0.6) is 0 Å². The summed E-state index contributed by atoms with van der Waals surface area (Å²) < 4.78 is 0. The lowest BCUT2D eigenvalue weighted by molar-refractivity contribution is 1.41. The molecule has 0 radical (unpaired) electrons. The molecular formula is C9H14N2. The number of allylic oxidation sites excluding steroid dienone is 3. The summed E-state index contributed by atoms with van der Waals surface area (Å²) in [5.74, 6) is 0. The van der Waals surface area contributed by atoms with Crippen LogP contribution in [0.1, 0.15) is 20.8 Å². The molecule has 2 heteroatoms. The van der Waals surface area contributed by atoms with E-state index in [9.17, 15) is 0 Å². The lowest BCUT2D eigenvalue weighted by Gasteiger charge is -1.98. The second-order valence-corrected chi connectivity index (χ2v) is 2.65. The van der Waals surface area contributed by atoms with E-state index in [-0.39, 0.29) is 0 Å². The van der Waals surface area contributed by atoms with Crippen LogP contribution in [0.2, 0.25) is 0 Å². The Bertz CT molecular complexity index is 234. The molecule has 0 saturated carbocycles. The van der Waals surface area contributed by atoms with E-state index in [4.69, 9.17) is 10.8 Å². The van der Waals surface area contributed by atoms with E-state index in [0.717, 1.165) is 11.1 Å². The minimum atomic E-state index is 0.397. The van der Waals surface area contributed by atoms with Crippen molar-refractivity contribution in [3.05, 3.63) is 23.8 Å². The van der Waals surface area contributed by atoms with Gasteiger partial charge in [0.1, 0.15) is 0 Å². The van der Waals surface area contributed by atoms with Crippen molar-refractivity contribution in [1.29, 1.82) is 10.8 Å². The van der Waals surface area contributed by atoms with Gasteiger partial charge in [-0.3, -0.25) is 0 Å². The standard InChI is InChI=1S/C9H14N2/c1-6(2)9(11)5-7(3)8(4)10/h5,10-11H,1H2,2-4H3/b7-5+,10-8?,11-9?. The van der Waals surface area contributed by atoms with Gasteiger partial charge in [-0.05, 0) is 38.0 Å². The third kappa shape index (κ3) is 3.50. The normalized spacial score (nSPS) is 11.0. The maximum absolute atomic E-state index is 7.39. The first kappa shape index (κ1) is 9.82. The van der Waals surface area contributed by atoms with Crippen LogP contribution in [0, 0.1) is 10.8 Å². The van der Waals surface area contributed by atoms with Crippen LogP contribution in [-0.4, -0.2) is 11.4 Å². The van der Waals surface area contributed by atoms with Gasteiger partial charge in [0.25, 0.3) is 0 Å². The van der Waals surface area contributed by atoms with Crippen LogP contribution >= 0.6 is 0 Å². The van der Waals surface area contributed by atoms with Gasteiger partial charge in [0.05, 0.1) is 5.71 Å². The Labute approximate surface area is 67.7 Å². The van der Waals surface area contributed by atoms with Gasteiger partial charge in [0, 0.05) is 5.71 Å². The third-order valence-corrected chi connectivity index (χ3v) is 1.41. The molecule has 0 aromatic carbocycles. The second-order valence-electron chi connectivity index (χ2n) is 2.65. The average Bonchev–Trinajstić information content (AvgIpc) is 1.87. The summed E-state index contributed by atoms with van der Waals surface area (Å²) in [5.41, 5.74) is 2.44. The molecule has 2 N–H and O–H groups in total. The number of rotatable bonds is 3. The van der Waals surface area contributed by atoms with Gasteiger partial charge in [-0.25, -0.2) is 0 Å². The van der Waals surface area contributed by atoms with Crippen LogP contribution in [0.15, 0.2) is 23.8 Å². The molecule has 0 spiro atoms. The van der Waals surface area contributed by atoms with Crippen molar-refractivity contribution in [3.8, 4) is 0 Å². The predicted octanol–water partition coefficient (Wildman–Crippen LogP) is 2.57. The van der Waals surface area contributed by atoms with Crippen molar-refractivity contribution < 1.29 is 0 Å². The Morgan fingerprint density at radius 1 is 1.18 bits per heavy atom. The zero-order valence-electron chi connectivity index (χ0n) is 7.28. The summed E-state index contributed by atoms with van der Waals surface area (Å²) in [6.07, 6.45) is 1.66. The van der Waals surface area contributed by atoms with E-state index in [2.05, 4.69) is 6.58 Å². The highest BCUT2D eigenvalue weighted by Gasteiger charge is 1.95. The lowest BCUT2D eigenvalue weighted by atomic mass is 10.1. The van der Waals surface area contributed by atoms with Gasteiger partial charge in [0.2, 0.25) is 0 Å². The Morgan fingerprint density at radius 3 is 1.91 bits per heavy atom. The Balaban J connectivity index is 4.44. The van der Waals surface area contributed by atoms with Gasteiger partial charge in [-0.15, -0.1) is 0 Å². The summed E-state index contributed by atoms with van der Waals surface area (Å²) in [6, 6.07) is 0. The first-order chi connectivity index (χ1) is 4.95. The van der Waals surface area contributed by atoms with Gasteiger partial charge in [-0.2, -0.15) is 0 Å². The minimum Gasteiger partial charge on any atom is -0.305 e. The van der Waals surface area contributed by atoms with E-state index < -0.39 is 0 Å². The summed E-state index contributed by atoms with van der Waals surface area (Å²) in [7, 11) is 0. The molecule has 60 valence electrons. The molecule has 0 aromatic heterocycles. The van der Waals surface area contributed by atoms with Crippen molar-refractivity contribution >= 4 is 11.4 Å². The Hall–Kier alpha value is -1.18. The maximum Gasteiger partial charge on any atom is 0.0566 e. The molecule has 0 heterocycles. The summed E-state index contributed by atoms with van der Waals surface area (Å²) in [6.45, 7) is 8.94. The van der Waals surface area contributed by atoms with Crippen LogP contribution < -0.4 is 0 Å². The molecule has 0 unspecified atom stereocenters. The summed E-state index contributed by atoms with van der Waals surface area (Å²) >= 11 is 0. The second kappa shape index (κ2) is 3.86. The molecule has 11 heavy (non-hydrogen) atoms. The van der Waals surface area contributed by atoms with E-state index in [1.807, 2.05) is 6.92 Å². The lowest BCUT2D eigenvalue weighted by Crippen LogP contribution is -1.97. The Morgan fingerprint density at radius 2 is 1.64 bits per heavy atom. The topological polar surface area (TPSA) is 47.7 Å². The minimum absolute atomic E-state index is 0.397. The molecular weight excluding hydrogens is 136 g/mol. The van der Waals surface area contributed by atoms with Gasteiger partial charge in [-0.1, -0.05) is 6.58 Å². The highest BCUT2D eigenvalue weighted by Crippen LogP contribution is 1.99. The first-order valence-electron chi connectivity index (χ1n) is 3.43. The van der Waals surface area contributed by atoms with Gasteiger partial charge < -0.3 is 10.8 Å². The molecule has 0 saturated heterocycles. The van der Waals surface area contributed by atoms with Crippen molar-refractivity contribution in [2.75, 3.05) is 0 Å². The fraction of sp³-hybridized carbons (Fsp3) is 0.333. The highest BCUT2D eigenvalue weighted by atomic mass is 14.4. The zero-order valence-corrected chi connectivity index (χ0v) is 7.28. The number of hydrogen-bond acceptors (Lipinski definition) is 2. The van der Waals surface area contributed by atoms with Gasteiger partial charge in [0.15, 0.2) is 0 Å². The highest BCUT2D eigenvalue weighted by molar-refractivity contribution is 6.10. The molecule has 2 nitrogen and oxygen atoms in total. The molecule has 0 aromatic rings. The summed E-state index contributed by atoms with van der Waals surface area (Å²) in [5, 5.41) is 14.6. The molecule has 0 atom stereocenters. The van der Waals surface area contributed by atoms with Crippen LogP contribution in [0.3, 0.4) is 0 Å². The molecule has 0 amide bonds. The van der Waals surface area contributed by atoms with Crippen molar-refractivity contribution in [2.24, 2.45) is 0 Å². The smallest absolute Gasteiger partial charge is 0.0566 e. The quantitative estimate of drug-likeness (QED) is 0.581. The average molecular weight is 150 g/mol. The van der Waals surface area contributed by atoms with Crippen LogP contribution in [0.4, 0.5) is 0 Å². The number of hydrogen-bond donors (Lipinski definition) is 2. The monoisotopic (exact) mass is 150 g/mol.